The number of aliphatic hydroxyl groups is 1. The molecule has 0 radical (unpaired) electrons. The number of hydrogen-bond acceptors (Lipinski definition) is 2. The molecule has 19 heavy (non-hydrogen) atoms. The molecule has 0 heterocycles. The number of aliphatic carboxylic acids is 1. The number of halogens is 1. The summed E-state index contributed by atoms with van der Waals surface area (Å²) in [4.78, 5) is 10.5. The van der Waals surface area contributed by atoms with Crippen LogP contribution in [-0.2, 0) is 4.79 Å². The quantitative estimate of drug-likeness (QED) is 0.469. The smallest absolute Gasteiger partial charge is 0.365 e. The minimum absolute atomic E-state index is 0.00454. The monoisotopic (exact) mass is 268 g/mol. The van der Waals surface area contributed by atoms with Crippen LogP contribution in [0, 0.1) is 5.41 Å². The van der Waals surface area contributed by atoms with Gasteiger partial charge in [0.1, 0.15) is 5.60 Å². The Morgan fingerprint density at radius 3 is 2.53 bits per heavy atom. The van der Waals surface area contributed by atoms with Gasteiger partial charge in [0.25, 0.3) is 0 Å². The number of carboxylic acid groups (broad SMARTS) is 1. The molecule has 1 rings (SSSR count). The minimum Gasteiger partial charge on any atom is -0.476 e. The molecule has 0 aromatic carbocycles. The molecule has 0 saturated heterocycles. The molecule has 1 atom stereocenters. The van der Waals surface area contributed by atoms with Crippen molar-refractivity contribution in [3.05, 3.63) is 35.2 Å². The summed E-state index contributed by atoms with van der Waals surface area (Å²) in [6.45, 7) is 7.09. The van der Waals surface area contributed by atoms with E-state index in [1.54, 1.807) is 0 Å². The molecule has 0 aromatic heterocycles. The van der Waals surface area contributed by atoms with Crippen LogP contribution in [0.15, 0.2) is 35.2 Å². The van der Waals surface area contributed by atoms with Crippen LogP contribution in [0.2, 0.25) is 0 Å². The van der Waals surface area contributed by atoms with Crippen LogP contribution in [0.3, 0.4) is 0 Å². The van der Waals surface area contributed by atoms with E-state index in [0.717, 1.165) is 18.4 Å². The van der Waals surface area contributed by atoms with Crippen molar-refractivity contribution in [2.24, 2.45) is 5.41 Å². The average molecular weight is 268 g/mol. The van der Waals surface area contributed by atoms with Crippen molar-refractivity contribution in [2.45, 2.75) is 46.1 Å². The molecule has 4 heteroatoms. The molecule has 0 amide bonds. The summed E-state index contributed by atoms with van der Waals surface area (Å²) in [6, 6.07) is 0. The van der Waals surface area contributed by atoms with E-state index in [4.69, 9.17) is 5.11 Å². The van der Waals surface area contributed by atoms with Crippen molar-refractivity contribution in [3.63, 3.8) is 0 Å². The molecular weight excluding hydrogens is 247 g/mol. The second-order valence-electron chi connectivity index (χ2n) is 5.71. The highest BCUT2D eigenvalue weighted by Gasteiger charge is 2.44. The molecule has 1 unspecified atom stereocenters. The lowest BCUT2D eigenvalue weighted by molar-refractivity contribution is -0.134. The van der Waals surface area contributed by atoms with Gasteiger partial charge in [-0.15, -0.1) is 0 Å². The first kappa shape index (κ1) is 15.6. The Morgan fingerprint density at radius 2 is 2.05 bits per heavy atom. The third-order valence-electron chi connectivity index (χ3n) is 3.96. The second kappa shape index (κ2) is 5.29. The van der Waals surface area contributed by atoms with Gasteiger partial charge in [0, 0.05) is 5.41 Å². The highest BCUT2D eigenvalue weighted by atomic mass is 19.1. The SMILES string of the molecule is CC1=CCCC(C)(C)C1(O)/C=C/C(C)=C(\F)C(=O)O. The molecule has 0 saturated carbocycles. The largest absolute Gasteiger partial charge is 0.476 e. The Kier molecular flexibility index (Phi) is 4.35. The molecule has 3 nitrogen and oxygen atoms in total. The predicted octanol–water partition coefficient (Wildman–Crippen LogP) is 3.37. The lowest BCUT2D eigenvalue weighted by Crippen LogP contribution is -2.45. The van der Waals surface area contributed by atoms with Crippen LogP contribution in [0.1, 0.15) is 40.5 Å². The number of carbonyl (C=O) groups is 1. The second-order valence-corrected chi connectivity index (χ2v) is 5.71. The van der Waals surface area contributed by atoms with E-state index in [0.29, 0.717) is 0 Å². The first-order valence-corrected chi connectivity index (χ1v) is 6.30. The van der Waals surface area contributed by atoms with E-state index in [1.165, 1.54) is 19.1 Å². The zero-order chi connectivity index (χ0) is 14.8. The Morgan fingerprint density at radius 1 is 1.47 bits per heavy atom. The summed E-state index contributed by atoms with van der Waals surface area (Å²) >= 11 is 0. The lowest BCUT2D eigenvalue weighted by Gasteiger charge is -2.44. The van der Waals surface area contributed by atoms with Crippen LogP contribution in [0.25, 0.3) is 0 Å². The van der Waals surface area contributed by atoms with Crippen LogP contribution in [-0.4, -0.2) is 21.8 Å². The van der Waals surface area contributed by atoms with Gasteiger partial charge in [0.15, 0.2) is 0 Å². The first-order valence-electron chi connectivity index (χ1n) is 6.30. The van der Waals surface area contributed by atoms with Crippen molar-refractivity contribution in [1.82, 2.24) is 0 Å². The summed E-state index contributed by atoms with van der Waals surface area (Å²) < 4.78 is 13.2. The third-order valence-corrected chi connectivity index (χ3v) is 3.96. The van der Waals surface area contributed by atoms with Gasteiger partial charge in [-0.05, 0) is 43.9 Å². The van der Waals surface area contributed by atoms with Gasteiger partial charge < -0.3 is 10.2 Å². The van der Waals surface area contributed by atoms with Gasteiger partial charge in [0.05, 0.1) is 0 Å². The summed E-state index contributed by atoms with van der Waals surface area (Å²) in [5.74, 6) is -2.79. The van der Waals surface area contributed by atoms with E-state index >= 15 is 0 Å². The van der Waals surface area contributed by atoms with Gasteiger partial charge in [0.2, 0.25) is 5.83 Å². The fraction of sp³-hybridized carbons (Fsp3) is 0.533. The number of allylic oxidation sites excluding steroid dienone is 3. The standard InChI is InChI=1S/C15H21FO3/c1-10(12(16)13(17)18)7-9-15(19)11(2)6-5-8-14(15,3)4/h6-7,9,19H,5,8H2,1-4H3,(H,17,18)/b9-7+,12-10-. The van der Waals surface area contributed by atoms with Crippen molar-refractivity contribution >= 4 is 5.97 Å². The Bertz CT molecular complexity index is 472. The number of carboxylic acids is 1. The molecule has 1 aliphatic carbocycles. The van der Waals surface area contributed by atoms with Gasteiger partial charge in [-0.2, -0.15) is 4.39 Å². The van der Waals surface area contributed by atoms with Gasteiger partial charge in [-0.3, -0.25) is 0 Å². The van der Waals surface area contributed by atoms with E-state index in [-0.39, 0.29) is 11.0 Å². The topological polar surface area (TPSA) is 57.5 Å². The molecule has 0 spiro atoms. The van der Waals surface area contributed by atoms with E-state index in [2.05, 4.69) is 0 Å². The predicted molar refractivity (Wildman–Crippen MR) is 72.3 cm³/mol. The fourth-order valence-corrected chi connectivity index (χ4v) is 2.37. The van der Waals surface area contributed by atoms with Crippen LogP contribution >= 0.6 is 0 Å². The van der Waals surface area contributed by atoms with Gasteiger partial charge in [-0.1, -0.05) is 26.0 Å². The third kappa shape index (κ3) is 2.95. The van der Waals surface area contributed by atoms with Crippen molar-refractivity contribution in [1.29, 1.82) is 0 Å². The number of rotatable bonds is 3. The van der Waals surface area contributed by atoms with Gasteiger partial charge in [-0.25, -0.2) is 4.79 Å². The van der Waals surface area contributed by atoms with E-state index in [1.807, 2.05) is 26.8 Å². The molecular formula is C15H21FO3. The molecule has 0 aromatic rings. The molecule has 0 fully saturated rings. The summed E-state index contributed by atoms with van der Waals surface area (Å²) in [5, 5.41) is 19.4. The summed E-state index contributed by atoms with van der Waals surface area (Å²) in [7, 11) is 0. The van der Waals surface area contributed by atoms with Crippen molar-refractivity contribution in [3.8, 4) is 0 Å². The average Bonchev–Trinajstić information content (AvgIpc) is 2.32. The fourth-order valence-electron chi connectivity index (χ4n) is 2.37. The first-order chi connectivity index (χ1) is 8.62. The number of hydrogen-bond donors (Lipinski definition) is 2. The van der Waals surface area contributed by atoms with Crippen LogP contribution in [0.5, 0.6) is 0 Å². The molecule has 0 aliphatic heterocycles. The maximum atomic E-state index is 13.2. The maximum absolute atomic E-state index is 13.2. The maximum Gasteiger partial charge on any atom is 0.365 e. The van der Waals surface area contributed by atoms with E-state index < -0.39 is 17.4 Å². The van der Waals surface area contributed by atoms with Crippen molar-refractivity contribution in [2.75, 3.05) is 0 Å². The zero-order valence-electron chi connectivity index (χ0n) is 11.8. The molecule has 106 valence electrons. The summed E-state index contributed by atoms with van der Waals surface area (Å²) in [6.07, 6.45) is 6.51. The molecule has 1 aliphatic rings. The van der Waals surface area contributed by atoms with Crippen LogP contribution in [0.4, 0.5) is 4.39 Å². The molecule has 2 N–H and O–H groups in total. The Labute approximate surface area is 113 Å². The zero-order valence-corrected chi connectivity index (χ0v) is 11.8. The Balaban J connectivity index is 3.15. The van der Waals surface area contributed by atoms with Crippen molar-refractivity contribution < 1.29 is 19.4 Å². The highest BCUT2D eigenvalue weighted by molar-refractivity contribution is 5.85. The normalized spacial score (nSPS) is 28.0. The van der Waals surface area contributed by atoms with Gasteiger partial charge >= 0.3 is 5.97 Å². The van der Waals surface area contributed by atoms with E-state index in [9.17, 15) is 14.3 Å². The minimum atomic E-state index is -1.59. The Hall–Kier alpha value is -1.42. The highest BCUT2D eigenvalue weighted by Crippen LogP contribution is 2.45. The molecule has 0 bridgehead atoms. The van der Waals surface area contributed by atoms with Crippen LogP contribution < -0.4 is 0 Å². The summed E-state index contributed by atoms with van der Waals surface area (Å²) in [5.41, 5.74) is -0.744. The lowest BCUT2D eigenvalue weighted by atomic mass is 9.65.